The number of thiophene rings is 1. The lowest BCUT2D eigenvalue weighted by Gasteiger charge is -2.22. The molecule has 0 saturated heterocycles. The Labute approximate surface area is 173 Å². The molecule has 6 nitrogen and oxygen atoms in total. The molecule has 0 radical (unpaired) electrons. The largest absolute Gasteiger partial charge is 0.490 e. The topological polar surface area (TPSA) is 71.6 Å². The average Bonchev–Trinajstić information content (AvgIpc) is 3.25. The second kappa shape index (κ2) is 9.93. The third kappa shape index (κ3) is 5.48. The van der Waals surface area contributed by atoms with Crippen LogP contribution in [0.1, 0.15) is 34.6 Å². The molecule has 2 heterocycles. The zero-order chi connectivity index (χ0) is 20.6. The first-order valence-electron chi connectivity index (χ1n) is 9.49. The van der Waals surface area contributed by atoms with Crippen molar-refractivity contribution in [2.24, 2.45) is 0 Å². The van der Waals surface area contributed by atoms with Gasteiger partial charge in [-0.3, -0.25) is 9.59 Å². The highest BCUT2D eigenvalue weighted by Crippen LogP contribution is 2.30. The first-order valence-corrected chi connectivity index (χ1v) is 10.4. The molecule has 3 rings (SSSR count). The minimum absolute atomic E-state index is 0.139. The van der Waals surface area contributed by atoms with Gasteiger partial charge in [-0.1, -0.05) is 12.1 Å². The molecule has 0 spiro atoms. The molecule has 29 heavy (non-hydrogen) atoms. The molecule has 7 heteroatoms. The lowest BCUT2D eigenvalue weighted by atomic mass is 10.1. The van der Waals surface area contributed by atoms with Crippen LogP contribution in [0.25, 0.3) is 0 Å². The molecular weight excluding hydrogens is 388 g/mol. The number of ether oxygens (including phenoxy) is 2. The van der Waals surface area contributed by atoms with Gasteiger partial charge < -0.3 is 19.4 Å². The molecule has 0 atom stereocenters. The molecule has 0 fully saturated rings. The van der Waals surface area contributed by atoms with E-state index in [0.29, 0.717) is 43.4 Å². The van der Waals surface area contributed by atoms with Crippen LogP contribution in [0.4, 0.5) is 0 Å². The maximum Gasteiger partial charge on any atom is 0.255 e. The number of amides is 1. The summed E-state index contributed by atoms with van der Waals surface area (Å²) in [5.41, 5.74) is 1.16. The molecule has 0 bridgehead atoms. The molecule has 0 aliphatic carbocycles. The average molecular weight is 413 g/mol. The summed E-state index contributed by atoms with van der Waals surface area (Å²) in [6, 6.07) is 12.7. The Balaban J connectivity index is 1.74. The quantitative estimate of drug-likeness (QED) is 0.575. The van der Waals surface area contributed by atoms with Crippen LogP contribution in [0.15, 0.2) is 58.8 Å². The molecule has 0 aliphatic heterocycles. The molecule has 3 aromatic rings. The van der Waals surface area contributed by atoms with Gasteiger partial charge in [-0.25, -0.2) is 0 Å². The number of rotatable bonds is 9. The number of aromatic nitrogens is 1. The van der Waals surface area contributed by atoms with Crippen molar-refractivity contribution >= 4 is 17.2 Å². The normalized spacial score (nSPS) is 10.6. The first-order chi connectivity index (χ1) is 14.1. The summed E-state index contributed by atoms with van der Waals surface area (Å²) in [6.45, 7) is 5.83. The number of benzene rings is 1. The second-order valence-corrected chi connectivity index (χ2v) is 7.38. The van der Waals surface area contributed by atoms with E-state index in [2.05, 4.69) is 4.98 Å². The molecule has 152 valence electrons. The van der Waals surface area contributed by atoms with E-state index in [1.165, 1.54) is 18.3 Å². The number of carbonyl (C=O) groups is 1. The Kier molecular flexibility index (Phi) is 7.08. The van der Waals surface area contributed by atoms with Crippen molar-refractivity contribution in [1.29, 1.82) is 0 Å². The highest BCUT2D eigenvalue weighted by Gasteiger charge is 2.16. The molecule has 0 saturated carbocycles. The Morgan fingerprint density at radius 1 is 1.10 bits per heavy atom. The summed E-state index contributed by atoms with van der Waals surface area (Å²) in [4.78, 5) is 29.4. The SMILES string of the molecule is CCOc1cc(CN(CC)C(=O)c2ccc(=O)[nH]c2)ccc1OCc1cccs1. The van der Waals surface area contributed by atoms with Gasteiger partial charge in [-0.2, -0.15) is 0 Å². The number of carbonyl (C=O) groups excluding carboxylic acids is 1. The molecule has 1 aromatic carbocycles. The van der Waals surface area contributed by atoms with E-state index in [1.54, 1.807) is 16.2 Å². The molecule has 0 aliphatic rings. The lowest BCUT2D eigenvalue weighted by Crippen LogP contribution is -2.30. The van der Waals surface area contributed by atoms with Crippen LogP contribution in [0.2, 0.25) is 0 Å². The van der Waals surface area contributed by atoms with Crippen LogP contribution in [-0.4, -0.2) is 28.9 Å². The van der Waals surface area contributed by atoms with Crippen LogP contribution in [0.3, 0.4) is 0 Å². The zero-order valence-electron chi connectivity index (χ0n) is 16.5. The van der Waals surface area contributed by atoms with Gasteiger partial charge in [0.1, 0.15) is 6.61 Å². The monoisotopic (exact) mass is 412 g/mol. The maximum absolute atomic E-state index is 12.8. The minimum Gasteiger partial charge on any atom is -0.490 e. The number of hydrogen-bond acceptors (Lipinski definition) is 5. The Morgan fingerprint density at radius 3 is 2.62 bits per heavy atom. The van der Waals surface area contributed by atoms with Crippen LogP contribution in [0.5, 0.6) is 11.5 Å². The van der Waals surface area contributed by atoms with Crippen molar-refractivity contribution in [2.75, 3.05) is 13.2 Å². The van der Waals surface area contributed by atoms with Gasteiger partial charge in [0.05, 0.1) is 12.2 Å². The number of pyridine rings is 1. The fraction of sp³-hybridized carbons (Fsp3) is 0.273. The van der Waals surface area contributed by atoms with E-state index >= 15 is 0 Å². The Morgan fingerprint density at radius 2 is 1.97 bits per heavy atom. The molecule has 1 amide bonds. The minimum atomic E-state index is -0.232. The van der Waals surface area contributed by atoms with Crippen molar-refractivity contribution in [2.45, 2.75) is 27.0 Å². The zero-order valence-corrected chi connectivity index (χ0v) is 17.3. The second-order valence-electron chi connectivity index (χ2n) is 6.34. The van der Waals surface area contributed by atoms with Gasteiger partial charge in [0.25, 0.3) is 5.91 Å². The summed E-state index contributed by atoms with van der Waals surface area (Å²) in [5.74, 6) is 1.20. The van der Waals surface area contributed by atoms with Crippen molar-refractivity contribution in [1.82, 2.24) is 9.88 Å². The number of H-pyrrole nitrogens is 1. The van der Waals surface area contributed by atoms with Crippen molar-refractivity contribution in [3.63, 3.8) is 0 Å². The predicted octanol–water partition coefficient (Wildman–Crippen LogP) is 4.08. The van der Waals surface area contributed by atoms with Gasteiger partial charge >= 0.3 is 0 Å². The number of nitrogens with zero attached hydrogens (tertiary/aromatic N) is 1. The standard InChI is InChI=1S/C22H24N2O4S/c1-3-24(22(26)17-8-10-21(25)23-13-17)14-16-7-9-19(20(12-16)27-4-2)28-15-18-6-5-11-29-18/h5-13H,3-4,14-15H2,1-2H3,(H,23,25). The van der Waals surface area contributed by atoms with Gasteiger partial charge in [0, 0.05) is 30.2 Å². The van der Waals surface area contributed by atoms with E-state index in [9.17, 15) is 9.59 Å². The lowest BCUT2D eigenvalue weighted by molar-refractivity contribution is 0.0752. The number of hydrogen-bond donors (Lipinski definition) is 1. The van der Waals surface area contributed by atoms with Crippen molar-refractivity contribution < 1.29 is 14.3 Å². The van der Waals surface area contributed by atoms with Gasteiger partial charge in [-0.15, -0.1) is 11.3 Å². The van der Waals surface area contributed by atoms with E-state index in [4.69, 9.17) is 9.47 Å². The van der Waals surface area contributed by atoms with E-state index in [1.807, 2.05) is 49.6 Å². The van der Waals surface area contributed by atoms with E-state index in [-0.39, 0.29) is 11.5 Å². The summed E-state index contributed by atoms with van der Waals surface area (Å²) >= 11 is 1.65. The predicted molar refractivity (Wildman–Crippen MR) is 114 cm³/mol. The fourth-order valence-corrected chi connectivity index (χ4v) is 3.47. The number of nitrogens with one attached hydrogen (secondary N) is 1. The van der Waals surface area contributed by atoms with Gasteiger partial charge in [0.2, 0.25) is 5.56 Å². The molecule has 0 unspecified atom stereocenters. The third-order valence-corrected chi connectivity index (χ3v) is 5.18. The first kappa shape index (κ1) is 20.7. The summed E-state index contributed by atoms with van der Waals surface area (Å²) in [7, 11) is 0. The van der Waals surface area contributed by atoms with E-state index in [0.717, 1.165) is 10.4 Å². The highest BCUT2D eigenvalue weighted by molar-refractivity contribution is 7.09. The summed E-state index contributed by atoms with van der Waals surface area (Å²) in [5, 5.41) is 2.02. The third-order valence-electron chi connectivity index (χ3n) is 4.33. The maximum atomic E-state index is 12.8. The van der Waals surface area contributed by atoms with Crippen molar-refractivity contribution in [3.05, 3.63) is 80.4 Å². The van der Waals surface area contributed by atoms with Crippen LogP contribution in [-0.2, 0) is 13.2 Å². The molecular formula is C22H24N2O4S. The summed E-state index contributed by atoms with van der Waals surface area (Å²) < 4.78 is 11.7. The highest BCUT2D eigenvalue weighted by atomic mass is 32.1. The molecule has 1 N–H and O–H groups in total. The number of aromatic amines is 1. The Bertz CT molecular complexity index is 978. The van der Waals surface area contributed by atoms with Gasteiger partial charge in [-0.05, 0) is 49.1 Å². The van der Waals surface area contributed by atoms with Crippen LogP contribution < -0.4 is 15.0 Å². The fourth-order valence-electron chi connectivity index (χ4n) is 2.86. The molecule has 2 aromatic heterocycles. The smallest absolute Gasteiger partial charge is 0.255 e. The van der Waals surface area contributed by atoms with Crippen LogP contribution in [0, 0.1) is 0 Å². The van der Waals surface area contributed by atoms with E-state index < -0.39 is 0 Å². The Hall–Kier alpha value is -3.06. The van der Waals surface area contributed by atoms with Gasteiger partial charge in [0.15, 0.2) is 11.5 Å². The van der Waals surface area contributed by atoms with Crippen LogP contribution >= 0.6 is 11.3 Å². The summed E-state index contributed by atoms with van der Waals surface area (Å²) in [6.07, 6.45) is 1.44. The van der Waals surface area contributed by atoms with Crippen molar-refractivity contribution in [3.8, 4) is 11.5 Å².